The van der Waals surface area contributed by atoms with Gasteiger partial charge in [0.1, 0.15) is 11.9 Å². The number of likely N-dealkylation sites (tertiary alicyclic amines) is 1. The molecule has 25 heavy (non-hydrogen) atoms. The Morgan fingerprint density at radius 3 is 2.88 bits per heavy atom. The van der Waals surface area contributed by atoms with Gasteiger partial charge in [0.05, 0.1) is 5.69 Å². The third-order valence-electron chi connectivity index (χ3n) is 4.80. The highest BCUT2D eigenvalue weighted by Gasteiger charge is 2.21. The summed E-state index contributed by atoms with van der Waals surface area (Å²) >= 11 is 0. The van der Waals surface area contributed by atoms with E-state index < -0.39 is 0 Å². The molecule has 130 valence electrons. The molecule has 1 aromatic carbocycles. The number of rotatable bonds is 4. The van der Waals surface area contributed by atoms with E-state index in [1.54, 1.807) is 13.2 Å². The smallest absolute Gasteiger partial charge is 0.347 e. The number of H-pyrrole nitrogens is 1. The van der Waals surface area contributed by atoms with E-state index in [1.807, 2.05) is 24.4 Å². The van der Waals surface area contributed by atoms with Gasteiger partial charge in [0.25, 0.3) is 0 Å². The Balaban J connectivity index is 1.36. The van der Waals surface area contributed by atoms with Crippen molar-refractivity contribution < 1.29 is 4.74 Å². The second kappa shape index (κ2) is 6.72. The quantitative estimate of drug-likeness (QED) is 0.793. The molecule has 1 saturated heterocycles. The Kier molecular flexibility index (Phi) is 4.28. The van der Waals surface area contributed by atoms with E-state index in [2.05, 4.69) is 27.0 Å². The molecule has 0 unspecified atom stereocenters. The van der Waals surface area contributed by atoms with Crippen molar-refractivity contribution in [2.45, 2.75) is 25.5 Å². The minimum Gasteiger partial charge on any atom is -0.490 e. The van der Waals surface area contributed by atoms with Gasteiger partial charge in [0, 0.05) is 50.0 Å². The number of nitrogens with zero attached hydrogens (tertiary/aromatic N) is 3. The van der Waals surface area contributed by atoms with Gasteiger partial charge in [0.2, 0.25) is 0 Å². The molecule has 1 N–H and O–H groups in total. The van der Waals surface area contributed by atoms with Crippen LogP contribution in [0.4, 0.5) is 0 Å². The van der Waals surface area contributed by atoms with Crippen LogP contribution in [0.2, 0.25) is 0 Å². The van der Waals surface area contributed by atoms with E-state index in [0.717, 1.165) is 54.8 Å². The van der Waals surface area contributed by atoms with E-state index in [4.69, 9.17) is 4.74 Å². The molecule has 3 heterocycles. The average molecular weight is 338 g/mol. The van der Waals surface area contributed by atoms with Crippen LogP contribution >= 0.6 is 0 Å². The zero-order chi connectivity index (χ0) is 17.2. The molecule has 1 fully saturated rings. The van der Waals surface area contributed by atoms with E-state index in [-0.39, 0.29) is 11.8 Å². The molecule has 3 aromatic rings. The number of hydrogen-bond donors (Lipinski definition) is 1. The zero-order valence-corrected chi connectivity index (χ0v) is 14.3. The van der Waals surface area contributed by atoms with Gasteiger partial charge < -0.3 is 14.3 Å². The lowest BCUT2D eigenvalue weighted by atomic mass is 10.1. The van der Waals surface area contributed by atoms with Crippen molar-refractivity contribution in [2.24, 2.45) is 7.05 Å². The number of aromatic amines is 1. The van der Waals surface area contributed by atoms with Crippen LogP contribution in [0.25, 0.3) is 10.9 Å². The topological polar surface area (TPSA) is 63.1 Å². The predicted molar refractivity (Wildman–Crippen MR) is 96.7 cm³/mol. The first-order valence-corrected chi connectivity index (χ1v) is 8.67. The Hall–Kier alpha value is -2.60. The maximum absolute atomic E-state index is 11.6. The lowest BCUT2D eigenvalue weighted by Gasteiger charge is -2.32. The van der Waals surface area contributed by atoms with E-state index in [1.165, 1.54) is 4.57 Å². The summed E-state index contributed by atoms with van der Waals surface area (Å²) in [7, 11) is 1.72. The summed E-state index contributed by atoms with van der Waals surface area (Å²) < 4.78 is 7.74. The van der Waals surface area contributed by atoms with Crippen molar-refractivity contribution in [1.82, 2.24) is 19.4 Å². The Morgan fingerprint density at radius 2 is 2.08 bits per heavy atom. The summed E-state index contributed by atoms with van der Waals surface area (Å²) in [6, 6.07) is 10.1. The molecule has 0 amide bonds. The van der Waals surface area contributed by atoms with Gasteiger partial charge in [-0.05, 0) is 37.1 Å². The van der Waals surface area contributed by atoms with Crippen LogP contribution in [0.3, 0.4) is 0 Å². The number of hydrogen-bond acceptors (Lipinski definition) is 4. The average Bonchev–Trinajstić information content (AvgIpc) is 3.10. The molecular weight excluding hydrogens is 316 g/mol. The molecule has 6 heteroatoms. The van der Waals surface area contributed by atoms with Gasteiger partial charge in [-0.1, -0.05) is 6.07 Å². The minimum atomic E-state index is -0.199. The van der Waals surface area contributed by atoms with Crippen molar-refractivity contribution in [3.8, 4) is 5.75 Å². The summed E-state index contributed by atoms with van der Waals surface area (Å²) in [4.78, 5) is 21.3. The largest absolute Gasteiger partial charge is 0.490 e. The van der Waals surface area contributed by atoms with Crippen LogP contribution in [0.1, 0.15) is 18.5 Å². The maximum Gasteiger partial charge on any atom is 0.347 e. The fraction of sp³-hybridized carbons (Fsp3) is 0.368. The van der Waals surface area contributed by atoms with Gasteiger partial charge in [-0.25, -0.2) is 4.79 Å². The van der Waals surface area contributed by atoms with E-state index in [0.29, 0.717) is 0 Å². The summed E-state index contributed by atoms with van der Waals surface area (Å²) in [5.74, 6) is 0.949. The lowest BCUT2D eigenvalue weighted by Crippen LogP contribution is -2.38. The standard InChI is InChI=1S/C19H22N4O2/c1-22-10-6-14(21-19(22)24)13-23-11-7-15(8-12-23)25-18-4-2-3-17-16(18)5-9-20-17/h2-6,9-10,15,20H,7-8,11-13H2,1H3. The first kappa shape index (κ1) is 15.9. The Morgan fingerprint density at radius 1 is 1.24 bits per heavy atom. The fourth-order valence-electron chi connectivity index (χ4n) is 3.34. The van der Waals surface area contributed by atoms with Crippen molar-refractivity contribution >= 4 is 10.9 Å². The van der Waals surface area contributed by atoms with Gasteiger partial charge in [0.15, 0.2) is 0 Å². The molecule has 6 nitrogen and oxygen atoms in total. The summed E-state index contributed by atoms with van der Waals surface area (Å²) in [6.07, 6.45) is 5.90. The van der Waals surface area contributed by atoms with E-state index in [9.17, 15) is 4.79 Å². The summed E-state index contributed by atoms with van der Waals surface area (Å²) in [5, 5.41) is 1.13. The van der Waals surface area contributed by atoms with Crippen molar-refractivity contribution in [3.05, 3.63) is 58.9 Å². The molecule has 0 atom stereocenters. The first-order chi connectivity index (χ1) is 12.2. The van der Waals surface area contributed by atoms with Crippen LogP contribution in [0.15, 0.2) is 47.5 Å². The fourth-order valence-corrected chi connectivity index (χ4v) is 3.34. The molecular formula is C19H22N4O2. The van der Waals surface area contributed by atoms with E-state index >= 15 is 0 Å². The Labute approximate surface area is 146 Å². The summed E-state index contributed by atoms with van der Waals surface area (Å²) in [5.41, 5.74) is 1.74. The number of aromatic nitrogens is 3. The number of nitrogens with one attached hydrogen (secondary N) is 1. The highest BCUT2D eigenvalue weighted by Crippen LogP contribution is 2.27. The van der Waals surface area contributed by atoms with Crippen molar-refractivity contribution in [3.63, 3.8) is 0 Å². The highest BCUT2D eigenvalue weighted by molar-refractivity contribution is 5.85. The van der Waals surface area contributed by atoms with Crippen LogP contribution < -0.4 is 10.4 Å². The number of fused-ring (bicyclic) bond motifs is 1. The lowest BCUT2D eigenvalue weighted by molar-refractivity contribution is 0.0972. The summed E-state index contributed by atoms with van der Waals surface area (Å²) in [6.45, 7) is 2.62. The van der Waals surface area contributed by atoms with Crippen molar-refractivity contribution in [1.29, 1.82) is 0 Å². The second-order valence-corrected chi connectivity index (χ2v) is 6.60. The minimum absolute atomic E-state index is 0.199. The molecule has 0 radical (unpaired) electrons. The van der Waals surface area contributed by atoms with Crippen LogP contribution in [0.5, 0.6) is 5.75 Å². The van der Waals surface area contributed by atoms with Gasteiger partial charge in [-0.2, -0.15) is 4.98 Å². The molecule has 0 saturated carbocycles. The van der Waals surface area contributed by atoms with Crippen LogP contribution in [-0.2, 0) is 13.6 Å². The normalized spacial score (nSPS) is 16.4. The maximum atomic E-state index is 11.6. The zero-order valence-electron chi connectivity index (χ0n) is 14.3. The van der Waals surface area contributed by atoms with Crippen LogP contribution in [0, 0.1) is 0 Å². The Bertz CT molecular complexity index is 922. The second-order valence-electron chi connectivity index (χ2n) is 6.60. The molecule has 2 aromatic heterocycles. The van der Waals surface area contributed by atoms with Crippen molar-refractivity contribution in [2.75, 3.05) is 13.1 Å². The first-order valence-electron chi connectivity index (χ1n) is 8.67. The van der Waals surface area contributed by atoms with Gasteiger partial charge >= 0.3 is 5.69 Å². The molecule has 1 aliphatic rings. The molecule has 0 aliphatic carbocycles. The monoisotopic (exact) mass is 338 g/mol. The molecule has 0 spiro atoms. The third kappa shape index (κ3) is 3.44. The predicted octanol–water partition coefficient (Wildman–Crippen LogP) is 2.30. The molecule has 1 aliphatic heterocycles. The van der Waals surface area contributed by atoms with Gasteiger partial charge in [-0.15, -0.1) is 0 Å². The SMILES string of the molecule is Cn1ccc(CN2CCC(Oc3cccc4[nH]ccc34)CC2)nc1=O. The number of ether oxygens (including phenoxy) is 1. The number of piperidine rings is 1. The number of aryl methyl sites for hydroxylation is 1. The third-order valence-corrected chi connectivity index (χ3v) is 4.80. The molecule has 0 bridgehead atoms. The van der Waals surface area contributed by atoms with Crippen LogP contribution in [-0.4, -0.2) is 38.6 Å². The number of benzene rings is 1. The molecule has 4 rings (SSSR count). The highest BCUT2D eigenvalue weighted by atomic mass is 16.5. The van der Waals surface area contributed by atoms with Gasteiger partial charge in [-0.3, -0.25) is 4.90 Å².